The van der Waals surface area contributed by atoms with Crippen molar-refractivity contribution in [1.82, 2.24) is 4.98 Å². The first-order chi connectivity index (χ1) is 11.8. The third-order valence-electron chi connectivity index (χ3n) is 6.55. The van der Waals surface area contributed by atoms with Gasteiger partial charge in [0.15, 0.2) is 0 Å². The molecule has 1 aliphatic carbocycles. The van der Waals surface area contributed by atoms with Gasteiger partial charge < -0.3 is 0 Å². The minimum Gasteiger partial charge on any atom is -0.260 e. The SMILES string of the molecule is Cc1ccc(C(C)(C)c2ccc(C(C)(C)C3CCCCC3)cn2)cc1. The van der Waals surface area contributed by atoms with E-state index in [0.29, 0.717) is 0 Å². The van der Waals surface area contributed by atoms with Gasteiger partial charge in [0.25, 0.3) is 0 Å². The Morgan fingerprint density at radius 3 is 1.96 bits per heavy atom. The van der Waals surface area contributed by atoms with Crippen molar-refractivity contribution in [2.45, 2.75) is 77.6 Å². The number of hydrogen-bond acceptors (Lipinski definition) is 1. The van der Waals surface area contributed by atoms with E-state index in [1.807, 2.05) is 0 Å². The van der Waals surface area contributed by atoms with Crippen LogP contribution in [-0.4, -0.2) is 4.98 Å². The van der Waals surface area contributed by atoms with E-state index < -0.39 is 0 Å². The summed E-state index contributed by atoms with van der Waals surface area (Å²) < 4.78 is 0. The number of aryl methyl sites for hydroxylation is 1. The van der Waals surface area contributed by atoms with Crippen molar-refractivity contribution in [3.63, 3.8) is 0 Å². The highest BCUT2D eigenvalue weighted by Crippen LogP contribution is 2.41. The van der Waals surface area contributed by atoms with E-state index >= 15 is 0 Å². The van der Waals surface area contributed by atoms with Crippen molar-refractivity contribution in [3.8, 4) is 0 Å². The Kier molecular flexibility index (Phi) is 5.04. The zero-order chi connectivity index (χ0) is 18.1. The Morgan fingerprint density at radius 2 is 1.40 bits per heavy atom. The molecular weight excluding hydrogens is 302 g/mol. The minimum absolute atomic E-state index is 0.0682. The molecule has 0 saturated heterocycles. The smallest absolute Gasteiger partial charge is 0.0503 e. The molecule has 1 nitrogen and oxygen atoms in total. The summed E-state index contributed by atoms with van der Waals surface area (Å²) in [5, 5.41) is 0. The third kappa shape index (κ3) is 3.66. The Morgan fingerprint density at radius 1 is 0.800 bits per heavy atom. The lowest BCUT2D eigenvalue weighted by molar-refractivity contribution is 0.235. The molecular formula is C24H33N. The summed E-state index contributed by atoms with van der Waals surface area (Å²) in [5.74, 6) is 0.791. The van der Waals surface area contributed by atoms with Crippen LogP contribution in [0.4, 0.5) is 0 Å². The van der Waals surface area contributed by atoms with Gasteiger partial charge in [-0.2, -0.15) is 0 Å². The molecule has 1 heterocycles. The van der Waals surface area contributed by atoms with Crippen LogP contribution in [0, 0.1) is 12.8 Å². The molecule has 1 heteroatoms. The molecule has 1 saturated carbocycles. The van der Waals surface area contributed by atoms with Crippen LogP contribution in [0.2, 0.25) is 0 Å². The fourth-order valence-corrected chi connectivity index (χ4v) is 4.32. The summed E-state index contributed by atoms with van der Waals surface area (Å²) in [7, 11) is 0. The number of aromatic nitrogens is 1. The highest BCUT2D eigenvalue weighted by molar-refractivity contribution is 5.36. The van der Waals surface area contributed by atoms with Gasteiger partial charge >= 0.3 is 0 Å². The molecule has 2 aromatic rings. The van der Waals surface area contributed by atoms with Crippen molar-refractivity contribution < 1.29 is 0 Å². The second-order valence-corrected chi connectivity index (χ2v) is 8.98. The molecule has 0 N–H and O–H groups in total. The van der Waals surface area contributed by atoms with Crippen molar-refractivity contribution in [1.29, 1.82) is 0 Å². The zero-order valence-electron chi connectivity index (χ0n) is 16.6. The van der Waals surface area contributed by atoms with Crippen molar-refractivity contribution >= 4 is 0 Å². The van der Waals surface area contributed by atoms with E-state index in [1.165, 1.54) is 48.8 Å². The Bertz CT molecular complexity index is 686. The molecule has 0 atom stereocenters. The van der Waals surface area contributed by atoms with Gasteiger partial charge in [0.1, 0.15) is 0 Å². The lowest BCUT2D eigenvalue weighted by Gasteiger charge is -2.37. The monoisotopic (exact) mass is 335 g/mol. The topological polar surface area (TPSA) is 12.9 Å². The predicted octanol–water partition coefficient (Wildman–Crippen LogP) is 6.57. The van der Waals surface area contributed by atoms with Crippen LogP contribution in [0.3, 0.4) is 0 Å². The Labute approximate surface area is 153 Å². The first-order valence-corrected chi connectivity index (χ1v) is 9.86. The van der Waals surface area contributed by atoms with Gasteiger partial charge in [-0.05, 0) is 48.3 Å². The molecule has 134 valence electrons. The molecule has 0 spiro atoms. The average molecular weight is 336 g/mol. The molecule has 25 heavy (non-hydrogen) atoms. The van der Waals surface area contributed by atoms with Gasteiger partial charge in [-0.3, -0.25) is 4.98 Å². The van der Waals surface area contributed by atoms with Crippen LogP contribution in [-0.2, 0) is 10.8 Å². The second kappa shape index (κ2) is 6.94. The molecule has 0 aliphatic heterocycles. The zero-order valence-corrected chi connectivity index (χ0v) is 16.6. The maximum absolute atomic E-state index is 4.91. The van der Waals surface area contributed by atoms with Gasteiger partial charge in [0, 0.05) is 11.6 Å². The van der Waals surface area contributed by atoms with E-state index in [1.54, 1.807) is 0 Å². The lowest BCUT2D eigenvalue weighted by Crippen LogP contribution is -2.31. The summed E-state index contributed by atoms with van der Waals surface area (Å²) in [4.78, 5) is 4.91. The van der Waals surface area contributed by atoms with E-state index in [2.05, 4.69) is 77.2 Å². The molecule has 1 aromatic heterocycles. The van der Waals surface area contributed by atoms with E-state index in [0.717, 1.165) is 11.6 Å². The Hall–Kier alpha value is -1.63. The molecule has 0 bridgehead atoms. The molecule has 3 rings (SSSR count). The van der Waals surface area contributed by atoms with Gasteiger partial charge in [-0.1, -0.05) is 82.9 Å². The van der Waals surface area contributed by atoms with Crippen molar-refractivity contribution in [2.24, 2.45) is 5.92 Å². The fourth-order valence-electron chi connectivity index (χ4n) is 4.32. The lowest BCUT2D eigenvalue weighted by atomic mass is 9.67. The standard InChI is InChI=1S/C24H33N/c1-18-11-13-20(14-12-18)24(4,5)22-16-15-21(17-25-22)23(2,3)19-9-7-6-8-10-19/h11-17,19H,6-10H2,1-5H3. The van der Waals surface area contributed by atoms with Crippen LogP contribution in [0.5, 0.6) is 0 Å². The number of nitrogens with zero attached hydrogens (tertiary/aromatic N) is 1. The largest absolute Gasteiger partial charge is 0.260 e. The molecule has 1 aliphatic rings. The maximum Gasteiger partial charge on any atom is 0.0503 e. The average Bonchev–Trinajstić information content (AvgIpc) is 2.63. The van der Waals surface area contributed by atoms with E-state index in [-0.39, 0.29) is 10.8 Å². The van der Waals surface area contributed by atoms with Gasteiger partial charge in [0.05, 0.1) is 5.69 Å². The van der Waals surface area contributed by atoms with Gasteiger partial charge in [0.2, 0.25) is 0 Å². The van der Waals surface area contributed by atoms with Crippen LogP contribution >= 0.6 is 0 Å². The normalized spacial score (nSPS) is 16.8. The fraction of sp³-hybridized carbons (Fsp3) is 0.542. The number of rotatable bonds is 4. The van der Waals surface area contributed by atoms with Crippen LogP contribution < -0.4 is 0 Å². The number of benzene rings is 1. The first kappa shape index (κ1) is 18.2. The highest BCUT2D eigenvalue weighted by atomic mass is 14.7. The first-order valence-electron chi connectivity index (χ1n) is 9.86. The summed E-state index contributed by atoms with van der Waals surface area (Å²) in [6.45, 7) is 11.5. The van der Waals surface area contributed by atoms with Crippen LogP contribution in [0.15, 0.2) is 42.6 Å². The summed E-state index contributed by atoms with van der Waals surface area (Å²) >= 11 is 0. The molecule has 1 fully saturated rings. The predicted molar refractivity (Wildman–Crippen MR) is 107 cm³/mol. The summed E-state index contributed by atoms with van der Waals surface area (Å²) in [6, 6.07) is 13.4. The van der Waals surface area contributed by atoms with Crippen LogP contribution in [0.25, 0.3) is 0 Å². The second-order valence-electron chi connectivity index (χ2n) is 8.98. The van der Waals surface area contributed by atoms with Gasteiger partial charge in [-0.15, -0.1) is 0 Å². The third-order valence-corrected chi connectivity index (χ3v) is 6.55. The van der Waals surface area contributed by atoms with Crippen LogP contribution in [0.1, 0.15) is 82.2 Å². The number of hydrogen-bond donors (Lipinski definition) is 0. The maximum atomic E-state index is 4.91. The quantitative estimate of drug-likeness (QED) is 0.615. The highest BCUT2D eigenvalue weighted by Gasteiger charge is 2.33. The van der Waals surface area contributed by atoms with E-state index in [9.17, 15) is 0 Å². The number of pyridine rings is 1. The Balaban J connectivity index is 1.85. The molecule has 1 aromatic carbocycles. The summed E-state index contributed by atoms with van der Waals surface area (Å²) in [6.07, 6.45) is 9.06. The minimum atomic E-state index is -0.0682. The van der Waals surface area contributed by atoms with Crippen molar-refractivity contribution in [3.05, 3.63) is 65.0 Å². The molecule has 0 unspecified atom stereocenters. The summed E-state index contributed by atoms with van der Waals surface area (Å²) in [5.41, 5.74) is 5.32. The van der Waals surface area contributed by atoms with Gasteiger partial charge in [-0.25, -0.2) is 0 Å². The van der Waals surface area contributed by atoms with Crippen molar-refractivity contribution in [2.75, 3.05) is 0 Å². The molecule has 0 amide bonds. The molecule has 0 radical (unpaired) electrons. The van der Waals surface area contributed by atoms with E-state index in [4.69, 9.17) is 4.98 Å².